The lowest BCUT2D eigenvalue weighted by atomic mass is 9.49. The van der Waals surface area contributed by atoms with Crippen LogP contribution in [0.15, 0.2) is 11.6 Å². The molecular formula is C14H18N2O. The predicted molar refractivity (Wildman–Crippen MR) is 63.5 cm³/mol. The molecule has 0 unspecified atom stereocenters. The molecule has 4 rings (SSSR count). The Morgan fingerprint density at radius 1 is 1.18 bits per heavy atom. The fourth-order valence-corrected chi connectivity index (χ4v) is 4.82. The highest BCUT2D eigenvalue weighted by Crippen LogP contribution is 2.60. The normalized spacial score (nSPS) is 43.5. The zero-order valence-electron chi connectivity index (χ0n) is 9.98. The van der Waals surface area contributed by atoms with Gasteiger partial charge >= 0.3 is 0 Å². The van der Waals surface area contributed by atoms with Crippen LogP contribution in [-0.4, -0.2) is 5.91 Å². The van der Waals surface area contributed by atoms with E-state index < -0.39 is 5.91 Å². The second-order valence-electron chi connectivity index (χ2n) is 6.31. The molecule has 3 nitrogen and oxygen atoms in total. The third kappa shape index (κ3) is 1.76. The van der Waals surface area contributed by atoms with Crippen LogP contribution in [0.1, 0.15) is 38.5 Å². The van der Waals surface area contributed by atoms with E-state index in [1.165, 1.54) is 38.5 Å². The number of nitrogens with two attached hydrogens (primary N) is 1. The summed E-state index contributed by atoms with van der Waals surface area (Å²) in [6.45, 7) is 0. The summed E-state index contributed by atoms with van der Waals surface area (Å²) in [6.07, 6.45) is 9.51. The number of carbonyl (C=O) groups excluding carboxylic acids is 1. The molecule has 0 saturated heterocycles. The second-order valence-corrected chi connectivity index (χ2v) is 6.31. The van der Waals surface area contributed by atoms with E-state index in [9.17, 15) is 4.79 Å². The van der Waals surface area contributed by atoms with Crippen molar-refractivity contribution < 1.29 is 4.79 Å². The monoisotopic (exact) mass is 230 g/mol. The molecule has 4 aliphatic carbocycles. The van der Waals surface area contributed by atoms with Gasteiger partial charge < -0.3 is 5.73 Å². The first-order valence-corrected chi connectivity index (χ1v) is 6.53. The number of allylic oxidation sites excluding steroid dienone is 1. The Morgan fingerprint density at radius 2 is 1.65 bits per heavy atom. The largest absolute Gasteiger partial charge is 0.365 e. The van der Waals surface area contributed by atoms with Crippen molar-refractivity contribution in [3.8, 4) is 6.07 Å². The average molecular weight is 230 g/mol. The molecule has 17 heavy (non-hydrogen) atoms. The molecule has 0 heterocycles. The molecule has 0 aliphatic heterocycles. The zero-order valence-corrected chi connectivity index (χ0v) is 9.98. The quantitative estimate of drug-likeness (QED) is 0.583. The van der Waals surface area contributed by atoms with E-state index in [0.717, 1.165) is 17.8 Å². The van der Waals surface area contributed by atoms with Gasteiger partial charge in [0.05, 0.1) is 0 Å². The molecule has 0 spiro atoms. The van der Waals surface area contributed by atoms with Gasteiger partial charge in [-0.3, -0.25) is 4.79 Å². The minimum atomic E-state index is -0.566. The van der Waals surface area contributed by atoms with Gasteiger partial charge in [-0.05, 0) is 61.7 Å². The molecule has 0 aromatic rings. The summed E-state index contributed by atoms with van der Waals surface area (Å²) in [4.78, 5) is 11.2. The fraction of sp³-hybridized carbons (Fsp3) is 0.714. The van der Waals surface area contributed by atoms with Crippen molar-refractivity contribution in [3.05, 3.63) is 11.6 Å². The topological polar surface area (TPSA) is 66.9 Å². The molecule has 1 amide bonds. The van der Waals surface area contributed by atoms with Crippen molar-refractivity contribution >= 4 is 5.91 Å². The van der Waals surface area contributed by atoms with E-state index in [1.54, 1.807) is 0 Å². The lowest BCUT2D eigenvalue weighted by molar-refractivity contribution is -0.114. The number of hydrogen-bond donors (Lipinski definition) is 1. The Labute approximate surface area is 102 Å². The van der Waals surface area contributed by atoms with E-state index in [0.29, 0.717) is 0 Å². The maximum Gasteiger partial charge on any atom is 0.259 e. The summed E-state index contributed by atoms with van der Waals surface area (Å²) >= 11 is 0. The minimum Gasteiger partial charge on any atom is -0.365 e. The van der Waals surface area contributed by atoms with Gasteiger partial charge in [-0.25, -0.2) is 0 Å². The molecule has 4 aliphatic rings. The number of carbonyl (C=O) groups is 1. The Balaban J connectivity index is 1.92. The Kier molecular flexibility index (Phi) is 2.29. The zero-order chi connectivity index (χ0) is 12.0. The lowest BCUT2D eigenvalue weighted by Gasteiger charge is -2.55. The van der Waals surface area contributed by atoms with Gasteiger partial charge in [0, 0.05) is 0 Å². The van der Waals surface area contributed by atoms with E-state index in [4.69, 9.17) is 11.0 Å². The van der Waals surface area contributed by atoms with Crippen molar-refractivity contribution in [1.82, 2.24) is 0 Å². The standard InChI is InChI=1S/C14H18N2O/c15-8-12(13(16)17)7-14-4-9-1-10(5-14)3-11(2-9)6-14/h7,9-11H,1-6H2,(H2,16,17)/b12-7-. The number of nitrogens with zero attached hydrogens (tertiary/aromatic N) is 1. The van der Waals surface area contributed by atoms with Gasteiger partial charge in [-0.15, -0.1) is 0 Å². The lowest BCUT2D eigenvalue weighted by Crippen LogP contribution is -2.45. The highest BCUT2D eigenvalue weighted by molar-refractivity contribution is 5.96. The van der Waals surface area contributed by atoms with Crippen LogP contribution in [-0.2, 0) is 4.79 Å². The van der Waals surface area contributed by atoms with E-state index in [2.05, 4.69) is 0 Å². The van der Waals surface area contributed by atoms with Crippen molar-refractivity contribution in [2.24, 2.45) is 28.9 Å². The maximum atomic E-state index is 11.2. The van der Waals surface area contributed by atoms with Crippen LogP contribution in [0, 0.1) is 34.5 Å². The predicted octanol–water partition coefficient (Wildman–Crippen LogP) is 2.14. The third-order valence-corrected chi connectivity index (χ3v) is 4.92. The fourth-order valence-electron chi connectivity index (χ4n) is 4.82. The number of nitriles is 1. The number of primary amides is 1. The van der Waals surface area contributed by atoms with Crippen LogP contribution < -0.4 is 5.73 Å². The van der Waals surface area contributed by atoms with Crippen LogP contribution in [0.5, 0.6) is 0 Å². The van der Waals surface area contributed by atoms with E-state index >= 15 is 0 Å². The Morgan fingerprint density at radius 3 is 2.00 bits per heavy atom. The summed E-state index contributed by atoms with van der Waals surface area (Å²) in [7, 11) is 0. The Bertz CT molecular complexity index is 395. The summed E-state index contributed by atoms with van der Waals surface area (Å²) in [5.74, 6) is 1.91. The SMILES string of the molecule is N#C/C(=C/C12CC3CC(CC(C3)C1)C2)C(N)=O. The van der Waals surface area contributed by atoms with Crippen LogP contribution in [0.4, 0.5) is 0 Å². The molecule has 2 N–H and O–H groups in total. The summed E-state index contributed by atoms with van der Waals surface area (Å²) in [6, 6.07) is 1.96. The molecule has 4 saturated carbocycles. The third-order valence-electron chi connectivity index (χ3n) is 4.92. The average Bonchev–Trinajstić information content (AvgIpc) is 2.23. The smallest absolute Gasteiger partial charge is 0.259 e. The number of amides is 1. The van der Waals surface area contributed by atoms with Crippen molar-refractivity contribution in [3.63, 3.8) is 0 Å². The molecule has 3 heteroatoms. The van der Waals surface area contributed by atoms with Crippen LogP contribution >= 0.6 is 0 Å². The summed E-state index contributed by atoms with van der Waals surface area (Å²) in [5.41, 5.74) is 5.54. The second kappa shape index (κ2) is 3.60. The molecule has 4 fully saturated rings. The van der Waals surface area contributed by atoms with Crippen LogP contribution in [0.3, 0.4) is 0 Å². The Hall–Kier alpha value is -1.30. The minimum absolute atomic E-state index is 0.120. The first-order valence-electron chi connectivity index (χ1n) is 6.53. The van der Waals surface area contributed by atoms with E-state index in [1.807, 2.05) is 12.1 Å². The highest BCUT2D eigenvalue weighted by atomic mass is 16.1. The first kappa shape index (κ1) is 10.8. The molecule has 4 bridgehead atoms. The summed E-state index contributed by atoms with van der Waals surface area (Å²) in [5, 5.41) is 8.98. The molecular weight excluding hydrogens is 212 g/mol. The van der Waals surface area contributed by atoms with Gasteiger partial charge in [0.2, 0.25) is 0 Å². The van der Waals surface area contributed by atoms with Crippen molar-refractivity contribution in [2.75, 3.05) is 0 Å². The van der Waals surface area contributed by atoms with Gasteiger partial charge in [-0.2, -0.15) is 5.26 Å². The number of hydrogen-bond acceptors (Lipinski definition) is 2. The van der Waals surface area contributed by atoms with Gasteiger partial charge in [0.15, 0.2) is 0 Å². The van der Waals surface area contributed by atoms with Gasteiger partial charge in [0.25, 0.3) is 5.91 Å². The maximum absolute atomic E-state index is 11.2. The number of rotatable bonds is 2. The molecule has 0 radical (unpaired) electrons. The van der Waals surface area contributed by atoms with E-state index in [-0.39, 0.29) is 11.0 Å². The molecule has 0 aromatic carbocycles. The van der Waals surface area contributed by atoms with Crippen LogP contribution in [0.25, 0.3) is 0 Å². The molecule has 0 aromatic heterocycles. The molecule has 0 atom stereocenters. The van der Waals surface area contributed by atoms with Crippen LogP contribution in [0.2, 0.25) is 0 Å². The van der Waals surface area contributed by atoms with Gasteiger partial charge in [-0.1, -0.05) is 6.08 Å². The highest BCUT2D eigenvalue weighted by Gasteiger charge is 2.50. The summed E-state index contributed by atoms with van der Waals surface area (Å²) < 4.78 is 0. The van der Waals surface area contributed by atoms with Gasteiger partial charge in [0.1, 0.15) is 11.6 Å². The molecule has 90 valence electrons. The first-order chi connectivity index (χ1) is 8.10. The van der Waals surface area contributed by atoms with Crippen molar-refractivity contribution in [1.29, 1.82) is 5.26 Å². The van der Waals surface area contributed by atoms with Crippen molar-refractivity contribution in [2.45, 2.75) is 38.5 Å².